The van der Waals surface area contributed by atoms with Crippen molar-refractivity contribution in [2.75, 3.05) is 47.9 Å². The minimum absolute atomic E-state index is 1.06. The summed E-state index contributed by atoms with van der Waals surface area (Å²) in [6.45, 7) is 5.41. The van der Waals surface area contributed by atoms with E-state index in [-0.39, 0.29) is 0 Å². The standard InChI is InChI=1S/C11H28N2O2Si/c1-13(2)10-6-8-12-9-7-11-16(5,14-3)15-4/h12H,6-11H2,1-5H3. The van der Waals surface area contributed by atoms with E-state index in [0.717, 1.165) is 32.1 Å². The molecule has 0 rings (SSSR count). The van der Waals surface area contributed by atoms with Crippen molar-refractivity contribution in [2.45, 2.75) is 25.4 Å². The first-order chi connectivity index (χ1) is 7.54. The Balaban J connectivity index is 3.33. The number of hydrogen-bond donors (Lipinski definition) is 1. The molecule has 1 N–H and O–H groups in total. The smallest absolute Gasteiger partial charge is 0.334 e. The summed E-state index contributed by atoms with van der Waals surface area (Å²) in [5, 5.41) is 3.45. The Labute approximate surface area is 102 Å². The lowest BCUT2D eigenvalue weighted by atomic mass is 10.4. The highest BCUT2D eigenvalue weighted by Gasteiger charge is 2.27. The van der Waals surface area contributed by atoms with Crippen LogP contribution in [0.15, 0.2) is 0 Å². The summed E-state index contributed by atoms with van der Waals surface area (Å²) in [6, 6.07) is 1.06. The maximum Gasteiger partial charge on any atom is 0.334 e. The highest BCUT2D eigenvalue weighted by atomic mass is 28.4. The molecule has 0 bridgehead atoms. The minimum Gasteiger partial charge on any atom is -0.398 e. The van der Waals surface area contributed by atoms with Crippen LogP contribution in [-0.2, 0) is 8.85 Å². The molecule has 0 aromatic heterocycles. The number of nitrogens with one attached hydrogen (secondary N) is 1. The summed E-state index contributed by atoms with van der Waals surface area (Å²) in [6.07, 6.45) is 2.34. The molecule has 0 aromatic carbocycles. The molecular formula is C11H28N2O2Si. The van der Waals surface area contributed by atoms with E-state index in [1.54, 1.807) is 14.2 Å². The Morgan fingerprint density at radius 2 is 1.62 bits per heavy atom. The average molecular weight is 248 g/mol. The molecule has 4 nitrogen and oxygen atoms in total. The van der Waals surface area contributed by atoms with Crippen molar-refractivity contribution in [3.63, 3.8) is 0 Å². The highest BCUT2D eigenvalue weighted by molar-refractivity contribution is 6.65. The molecule has 0 unspecified atom stereocenters. The molecule has 0 radical (unpaired) electrons. The molecule has 0 aliphatic carbocycles. The third-order valence-corrected chi connectivity index (χ3v) is 5.80. The van der Waals surface area contributed by atoms with Gasteiger partial charge in [-0.05, 0) is 59.2 Å². The second kappa shape index (κ2) is 9.12. The van der Waals surface area contributed by atoms with Crippen LogP contribution < -0.4 is 5.32 Å². The quantitative estimate of drug-likeness (QED) is 0.466. The molecule has 0 amide bonds. The first kappa shape index (κ1) is 16.1. The van der Waals surface area contributed by atoms with Crippen LogP contribution in [0.25, 0.3) is 0 Å². The fourth-order valence-corrected chi connectivity index (χ4v) is 2.86. The fourth-order valence-electron chi connectivity index (χ4n) is 1.47. The Kier molecular flexibility index (Phi) is 9.16. The zero-order chi connectivity index (χ0) is 12.4. The van der Waals surface area contributed by atoms with Crippen molar-refractivity contribution in [1.82, 2.24) is 10.2 Å². The molecule has 0 aliphatic rings. The van der Waals surface area contributed by atoms with E-state index in [9.17, 15) is 0 Å². The Morgan fingerprint density at radius 3 is 2.12 bits per heavy atom. The minimum atomic E-state index is -1.83. The lowest BCUT2D eigenvalue weighted by Gasteiger charge is -2.22. The van der Waals surface area contributed by atoms with Gasteiger partial charge in [-0.2, -0.15) is 0 Å². The zero-order valence-corrected chi connectivity index (χ0v) is 12.5. The third kappa shape index (κ3) is 8.24. The number of rotatable bonds is 10. The van der Waals surface area contributed by atoms with Gasteiger partial charge in [-0.25, -0.2) is 0 Å². The largest absolute Gasteiger partial charge is 0.398 e. The molecule has 0 heterocycles. The summed E-state index contributed by atoms with van der Waals surface area (Å²) in [5.74, 6) is 0. The molecule has 0 atom stereocenters. The van der Waals surface area contributed by atoms with Crippen LogP contribution in [0, 0.1) is 0 Å². The second-order valence-corrected chi connectivity index (χ2v) is 8.14. The summed E-state index contributed by atoms with van der Waals surface area (Å²) in [4.78, 5) is 2.21. The van der Waals surface area contributed by atoms with E-state index < -0.39 is 8.56 Å². The van der Waals surface area contributed by atoms with Crippen LogP contribution in [0.4, 0.5) is 0 Å². The van der Waals surface area contributed by atoms with Gasteiger partial charge in [0.05, 0.1) is 0 Å². The molecule has 0 fully saturated rings. The fraction of sp³-hybridized carbons (Fsp3) is 1.00. The van der Waals surface area contributed by atoms with Crippen molar-refractivity contribution in [3.05, 3.63) is 0 Å². The molecule has 16 heavy (non-hydrogen) atoms. The van der Waals surface area contributed by atoms with E-state index in [2.05, 4.69) is 30.9 Å². The maximum atomic E-state index is 5.43. The van der Waals surface area contributed by atoms with E-state index >= 15 is 0 Å². The van der Waals surface area contributed by atoms with Gasteiger partial charge in [0.25, 0.3) is 0 Å². The van der Waals surface area contributed by atoms with Gasteiger partial charge in [0.1, 0.15) is 0 Å². The predicted octanol–water partition coefficient (Wildman–Crippen LogP) is 1.28. The lowest BCUT2D eigenvalue weighted by Crippen LogP contribution is -2.36. The van der Waals surface area contributed by atoms with Crippen LogP contribution in [0.1, 0.15) is 12.8 Å². The monoisotopic (exact) mass is 248 g/mol. The molecule has 0 saturated carbocycles. The highest BCUT2D eigenvalue weighted by Crippen LogP contribution is 2.12. The normalized spacial score (nSPS) is 12.4. The Bertz CT molecular complexity index is 164. The van der Waals surface area contributed by atoms with Gasteiger partial charge in [-0.3, -0.25) is 0 Å². The van der Waals surface area contributed by atoms with E-state index in [1.165, 1.54) is 6.42 Å². The number of nitrogens with zero attached hydrogens (tertiary/aromatic N) is 1. The summed E-state index contributed by atoms with van der Waals surface area (Å²) in [7, 11) is 5.88. The molecule has 0 aliphatic heterocycles. The first-order valence-corrected chi connectivity index (χ1v) is 8.52. The first-order valence-electron chi connectivity index (χ1n) is 6.00. The molecular weight excluding hydrogens is 220 g/mol. The van der Waals surface area contributed by atoms with Crippen molar-refractivity contribution in [1.29, 1.82) is 0 Å². The van der Waals surface area contributed by atoms with Crippen molar-refractivity contribution < 1.29 is 8.85 Å². The van der Waals surface area contributed by atoms with Gasteiger partial charge in [0.2, 0.25) is 0 Å². The van der Waals surface area contributed by atoms with Gasteiger partial charge in [0, 0.05) is 14.2 Å². The summed E-state index contributed by atoms with van der Waals surface area (Å²) < 4.78 is 10.9. The lowest BCUT2D eigenvalue weighted by molar-refractivity contribution is 0.248. The molecule has 0 saturated heterocycles. The van der Waals surface area contributed by atoms with Crippen LogP contribution in [0.5, 0.6) is 0 Å². The zero-order valence-electron chi connectivity index (χ0n) is 11.5. The second-order valence-electron chi connectivity index (χ2n) is 4.55. The van der Waals surface area contributed by atoms with Gasteiger partial charge in [0.15, 0.2) is 0 Å². The van der Waals surface area contributed by atoms with Gasteiger partial charge in [-0.1, -0.05) is 0 Å². The van der Waals surface area contributed by atoms with E-state index in [0.29, 0.717) is 0 Å². The SMILES string of the molecule is CO[Si](C)(CCCNCCCN(C)C)OC. The number of hydrogen-bond acceptors (Lipinski definition) is 4. The van der Waals surface area contributed by atoms with Gasteiger partial charge < -0.3 is 19.1 Å². The Hall–Kier alpha value is 0.0569. The molecule has 0 aromatic rings. The molecule has 5 heteroatoms. The van der Waals surface area contributed by atoms with Crippen molar-refractivity contribution >= 4 is 8.56 Å². The Morgan fingerprint density at radius 1 is 1.06 bits per heavy atom. The summed E-state index contributed by atoms with van der Waals surface area (Å²) >= 11 is 0. The average Bonchev–Trinajstić information content (AvgIpc) is 2.27. The third-order valence-electron chi connectivity index (χ3n) is 2.81. The molecule has 0 spiro atoms. The van der Waals surface area contributed by atoms with Crippen LogP contribution in [0.3, 0.4) is 0 Å². The predicted molar refractivity (Wildman–Crippen MR) is 71.1 cm³/mol. The van der Waals surface area contributed by atoms with E-state index in [1.807, 2.05) is 0 Å². The van der Waals surface area contributed by atoms with Gasteiger partial charge >= 0.3 is 8.56 Å². The van der Waals surface area contributed by atoms with Crippen molar-refractivity contribution in [2.24, 2.45) is 0 Å². The van der Waals surface area contributed by atoms with Crippen molar-refractivity contribution in [3.8, 4) is 0 Å². The van der Waals surface area contributed by atoms with Crippen LogP contribution in [0.2, 0.25) is 12.6 Å². The van der Waals surface area contributed by atoms with E-state index in [4.69, 9.17) is 8.85 Å². The maximum absolute atomic E-state index is 5.43. The molecule has 98 valence electrons. The van der Waals surface area contributed by atoms with Gasteiger partial charge in [-0.15, -0.1) is 0 Å². The van der Waals surface area contributed by atoms with Crippen LogP contribution in [-0.4, -0.2) is 61.4 Å². The topological polar surface area (TPSA) is 33.7 Å². The van der Waals surface area contributed by atoms with Crippen LogP contribution >= 0.6 is 0 Å². The summed E-state index contributed by atoms with van der Waals surface area (Å²) in [5.41, 5.74) is 0.